The first-order valence-electron chi connectivity index (χ1n) is 30.7. The molecule has 27 atom stereocenters. The molecule has 12 aliphatic rings. The van der Waals surface area contributed by atoms with Crippen molar-refractivity contribution in [3.05, 3.63) is 0 Å². The van der Waals surface area contributed by atoms with Crippen LogP contribution in [0.3, 0.4) is 0 Å². The van der Waals surface area contributed by atoms with Gasteiger partial charge in [0.2, 0.25) is 0 Å². The van der Waals surface area contributed by atoms with Gasteiger partial charge in [-0.3, -0.25) is 0 Å². The first kappa shape index (κ1) is 67.8. The minimum absolute atomic E-state index is 0. The molecule has 0 bridgehead atoms. The summed E-state index contributed by atoms with van der Waals surface area (Å²) in [7, 11) is 5.80. The SMILES string of the molecule is C.C.C.CO[C@H]1CC[C@H]2[C@@H]3CC[C@H]4C[C@H](C)[C@@H](C)C[C@]4(C)[C@H]3CC[C@]12C.CO[C@H]1CC[C@H]2[C@@H]3CC[C@H]4C[C@H](O)[C@@H](C)C[C@]4(C)[C@H]3CC[C@]12C.CO[C@H]1CC[C@H]2[C@@H]3CC[C@H]4[C@@H](C)[C@H](O)CC[C@]4(C)[C@H]3CC[C@]12C.O.[Li+].[OH-]. The molecule has 8 heteroatoms. The van der Waals surface area contributed by atoms with Crippen LogP contribution >= 0.6 is 0 Å². The van der Waals surface area contributed by atoms with Gasteiger partial charge >= 0.3 is 18.9 Å². The van der Waals surface area contributed by atoms with E-state index in [1.165, 1.54) is 141 Å². The predicted molar refractivity (Wildman–Crippen MR) is 308 cm³/mol. The van der Waals surface area contributed by atoms with Crippen molar-refractivity contribution < 1.29 is 54.2 Å². The molecular formula is C67H125LiO7. The van der Waals surface area contributed by atoms with Crippen LogP contribution in [-0.2, 0) is 14.2 Å². The van der Waals surface area contributed by atoms with Crippen LogP contribution in [0.15, 0.2) is 0 Å². The van der Waals surface area contributed by atoms with Gasteiger partial charge in [-0.1, -0.05) is 91.5 Å². The number of ether oxygens (including phenoxy) is 3. The van der Waals surface area contributed by atoms with Crippen molar-refractivity contribution in [3.8, 4) is 0 Å². The molecular weight excluding hydrogens is 924 g/mol. The average Bonchev–Trinajstić information content (AvgIpc) is 3.98. The maximum Gasteiger partial charge on any atom is 1.00 e. The van der Waals surface area contributed by atoms with Crippen molar-refractivity contribution in [3.63, 3.8) is 0 Å². The maximum absolute atomic E-state index is 10.4. The van der Waals surface area contributed by atoms with Gasteiger partial charge in [0.05, 0.1) is 30.5 Å². The molecule has 436 valence electrons. The number of fused-ring (bicyclic) bond motifs is 15. The van der Waals surface area contributed by atoms with Gasteiger partial charge in [0.15, 0.2) is 0 Å². The Bertz CT molecular complexity index is 1650. The minimum atomic E-state index is -0.0529. The molecule has 0 amide bonds. The van der Waals surface area contributed by atoms with Gasteiger partial charge in [-0.15, -0.1) is 0 Å². The topological polar surface area (TPSA) is 130 Å². The van der Waals surface area contributed by atoms with Crippen LogP contribution in [0.4, 0.5) is 0 Å². The molecule has 0 aromatic carbocycles. The quantitative estimate of drug-likeness (QED) is 0.271. The standard InChI is InChI=1S/C22H38O.2C21H36O2.3CH4.Li.2H2O/c1-14-12-16-6-7-17-18-8-9-20(23-5)21(18,3)11-10-19(17)22(16,4)13-15(14)2;1-13-15-6-5-14-16-7-8-19(23-4)21(16,3)11-9-17(14)20(15,2)12-10-18(13)22;1-13-12-21(3)14(11-18(13)22)5-6-15-16-7-8-19(23-4)20(16,2)10-9-17(15)21;;;;;;/h14-20H,6-13H2,1-5H3;2*13-19,22H,5-12H2,1-4H3;3*1H4;;2*1H2/q;;;;;;+1;;/p-1/t14-,15-,16-,17-,18-,19-,20-,21-,22-;13-,14+,15+,16+,17+,18-,19+,20+,21+;13-,14-,15-,16-,17-,18-,19-,20-,21-;;;;;;/m010....../s1. The normalized spacial score (nSPS) is 54.4. The van der Waals surface area contributed by atoms with Gasteiger partial charge in [0.1, 0.15) is 0 Å². The molecule has 12 rings (SSSR count). The van der Waals surface area contributed by atoms with E-state index in [-0.39, 0.29) is 64.3 Å². The number of aliphatic hydroxyl groups excluding tert-OH is 2. The first-order valence-corrected chi connectivity index (χ1v) is 30.7. The van der Waals surface area contributed by atoms with Crippen molar-refractivity contribution in [1.82, 2.24) is 0 Å². The summed E-state index contributed by atoms with van der Waals surface area (Å²) in [6.45, 7) is 25.1. The fourth-order valence-electron chi connectivity index (χ4n) is 24.1. The Labute approximate surface area is 476 Å². The first-order chi connectivity index (χ1) is 32.7. The second-order valence-electron chi connectivity index (χ2n) is 30.3. The average molecular weight is 1050 g/mol. The Morgan fingerprint density at radius 1 is 0.360 bits per heavy atom. The van der Waals surface area contributed by atoms with E-state index in [1.807, 2.05) is 21.3 Å². The molecule has 0 aliphatic heterocycles. The third-order valence-electron chi connectivity index (χ3n) is 28.2. The van der Waals surface area contributed by atoms with E-state index in [1.54, 1.807) is 0 Å². The van der Waals surface area contributed by atoms with Crippen LogP contribution in [0.5, 0.6) is 0 Å². The minimum Gasteiger partial charge on any atom is -0.870 e. The van der Waals surface area contributed by atoms with Crippen LogP contribution < -0.4 is 18.9 Å². The van der Waals surface area contributed by atoms with E-state index in [0.717, 1.165) is 95.7 Å². The van der Waals surface area contributed by atoms with Crippen molar-refractivity contribution in [2.75, 3.05) is 21.3 Å². The largest absolute Gasteiger partial charge is 1.00 e. The van der Waals surface area contributed by atoms with Crippen molar-refractivity contribution >= 4 is 0 Å². The van der Waals surface area contributed by atoms with Crippen LogP contribution in [-0.4, -0.2) is 73.0 Å². The Hall–Kier alpha value is 0.317. The van der Waals surface area contributed by atoms with E-state index < -0.39 is 0 Å². The van der Waals surface area contributed by atoms with E-state index >= 15 is 0 Å². The van der Waals surface area contributed by atoms with Gasteiger partial charge in [0.25, 0.3) is 0 Å². The van der Waals surface area contributed by atoms with E-state index in [9.17, 15) is 10.2 Å². The summed E-state index contributed by atoms with van der Waals surface area (Å²) in [4.78, 5) is 0. The van der Waals surface area contributed by atoms with Gasteiger partial charge in [0, 0.05) is 21.3 Å². The second kappa shape index (κ2) is 25.0. The Morgan fingerprint density at radius 2 is 0.693 bits per heavy atom. The summed E-state index contributed by atoms with van der Waals surface area (Å²) in [5.74, 6) is 13.7. The summed E-state index contributed by atoms with van der Waals surface area (Å²) in [6.07, 6.45) is 34.0. The molecule has 0 radical (unpaired) electrons. The molecule has 0 spiro atoms. The molecule has 7 nitrogen and oxygen atoms in total. The molecule has 75 heavy (non-hydrogen) atoms. The summed E-state index contributed by atoms with van der Waals surface area (Å²) in [5.41, 5.74) is 2.94. The summed E-state index contributed by atoms with van der Waals surface area (Å²) in [6, 6.07) is 0. The van der Waals surface area contributed by atoms with Crippen molar-refractivity contribution in [1.29, 1.82) is 0 Å². The zero-order valence-corrected chi connectivity index (χ0v) is 49.2. The summed E-state index contributed by atoms with van der Waals surface area (Å²) in [5, 5.41) is 20.7. The monoisotopic (exact) mass is 1050 g/mol. The Kier molecular flexibility index (Phi) is 22.6. The Morgan fingerprint density at radius 3 is 1.11 bits per heavy atom. The van der Waals surface area contributed by atoms with Gasteiger partial charge < -0.3 is 35.4 Å². The number of methoxy groups -OCH3 is 3. The number of hydrogen-bond acceptors (Lipinski definition) is 6. The van der Waals surface area contributed by atoms with E-state index in [0.29, 0.717) is 62.6 Å². The van der Waals surface area contributed by atoms with Gasteiger partial charge in [-0.25, -0.2) is 0 Å². The second-order valence-corrected chi connectivity index (χ2v) is 30.3. The van der Waals surface area contributed by atoms with Crippen LogP contribution in [0.25, 0.3) is 0 Å². The molecule has 12 fully saturated rings. The fourth-order valence-corrected chi connectivity index (χ4v) is 24.1. The number of hydrogen-bond donors (Lipinski definition) is 2. The van der Waals surface area contributed by atoms with Crippen molar-refractivity contribution in [2.24, 2.45) is 127 Å². The smallest absolute Gasteiger partial charge is 0.870 e. The Balaban J connectivity index is 0.000000234. The van der Waals surface area contributed by atoms with E-state index in [4.69, 9.17) is 14.2 Å². The predicted octanol–water partition coefficient (Wildman–Crippen LogP) is 13.1. The van der Waals surface area contributed by atoms with Gasteiger partial charge in [-0.2, -0.15) is 0 Å². The molecule has 0 aromatic heterocycles. The molecule has 0 aromatic rings. The van der Waals surface area contributed by atoms with E-state index in [2.05, 4.69) is 69.2 Å². The van der Waals surface area contributed by atoms with Crippen molar-refractivity contribution in [2.45, 2.75) is 276 Å². The maximum atomic E-state index is 10.4. The molecule has 0 heterocycles. The third kappa shape index (κ3) is 10.7. The number of rotatable bonds is 3. The third-order valence-corrected chi connectivity index (χ3v) is 28.2. The molecule has 12 aliphatic carbocycles. The summed E-state index contributed by atoms with van der Waals surface area (Å²) < 4.78 is 17.7. The van der Waals surface area contributed by atoms with Crippen LogP contribution in [0.1, 0.15) is 246 Å². The molecule has 0 saturated heterocycles. The zero-order valence-electron chi connectivity index (χ0n) is 49.2. The van der Waals surface area contributed by atoms with Gasteiger partial charge in [-0.05, 0) is 281 Å². The number of aliphatic hydroxyl groups is 2. The fraction of sp³-hybridized carbons (Fsp3) is 1.00. The molecule has 12 saturated carbocycles. The molecule has 5 N–H and O–H groups in total. The summed E-state index contributed by atoms with van der Waals surface area (Å²) >= 11 is 0. The zero-order chi connectivity index (χ0) is 49.2. The molecule has 0 unspecified atom stereocenters. The van der Waals surface area contributed by atoms with Crippen LogP contribution in [0.2, 0.25) is 0 Å². The van der Waals surface area contributed by atoms with Crippen LogP contribution in [0, 0.1) is 127 Å².